The van der Waals surface area contributed by atoms with Gasteiger partial charge in [-0.1, -0.05) is 5.11 Å². The number of hydrogen-bond acceptors (Lipinski definition) is 3. The highest BCUT2D eigenvalue weighted by molar-refractivity contribution is 5.11. The molecule has 3 rings (SSSR count). The summed E-state index contributed by atoms with van der Waals surface area (Å²) < 4.78 is 11.8. The minimum Gasteiger partial charge on any atom is -0.353 e. The Hall–Kier alpha value is -0.770. The molecule has 0 N–H and O–H groups in total. The molecule has 3 aliphatic rings. The van der Waals surface area contributed by atoms with Crippen molar-refractivity contribution in [1.29, 1.82) is 0 Å². The zero-order valence-electron chi connectivity index (χ0n) is 10.8. The van der Waals surface area contributed by atoms with E-state index in [4.69, 9.17) is 15.0 Å². The lowest BCUT2D eigenvalue weighted by Gasteiger charge is -2.21. The van der Waals surface area contributed by atoms with E-state index in [1.54, 1.807) is 0 Å². The molecule has 3 atom stereocenters. The van der Waals surface area contributed by atoms with Gasteiger partial charge in [0.05, 0.1) is 5.60 Å². The molecule has 0 aromatic carbocycles. The second-order valence-corrected chi connectivity index (χ2v) is 5.82. The third kappa shape index (κ3) is 2.63. The van der Waals surface area contributed by atoms with Crippen LogP contribution in [-0.2, 0) is 9.47 Å². The summed E-state index contributed by atoms with van der Waals surface area (Å²) in [4.78, 5) is 2.79. The zero-order chi connectivity index (χ0) is 12.4. The standard InChI is InChI=1S/C13H21N3O2/c14-16-15-7-1-3-10-9-11(10)13(5-6-13)18-12-4-2-8-17-12/h10-12H,1-9H2. The maximum Gasteiger partial charge on any atom is 0.158 e. The molecule has 5 nitrogen and oxygen atoms in total. The van der Waals surface area contributed by atoms with Crippen LogP contribution >= 0.6 is 0 Å². The largest absolute Gasteiger partial charge is 0.353 e. The monoisotopic (exact) mass is 251 g/mol. The quantitative estimate of drug-likeness (QED) is 0.301. The first kappa shape index (κ1) is 12.3. The molecule has 0 radical (unpaired) electrons. The first-order valence-electron chi connectivity index (χ1n) is 7.14. The maximum atomic E-state index is 8.22. The summed E-state index contributed by atoms with van der Waals surface area (Å²) in [5, 5.41) is 3.59. The van der Waals surface area contributed by atoms with Gasteiger partial charge in [0.2, 0.25) is 0 Å². The minimum absolute atomic E-state index is 0.0666. The van der Waals surface area contributed by atoms with Crippen LogP contribution < -0.4 is 0 Å². The number of ether oxygens (including phenoxy) is 2. The summed E-state index contributed by atoms with van der Waals surface area (Å²) in [6.07, 6.45) is 8.19. The number of azide groups is 1. The van der Waals surface area contributed by atoms with Crippen LogP contribution in [0.3, 0.4) is 0 Å². The van der Waals surface area contributed by atoms with Crippen LogP contribution in [0.15, 0.2) is 5.11 Å². The van der Waals surface area contributed by atoms with E-state index in [2.05, 4.69) is 10.0 Å². The van der Waals surface area contributed by atoms with Crippen molar-refractivity contribution in [1.82, 2.24) is 0 Å². The van der Waals surface area contributed by atoms with Gasteiger partial charge in [-0.3, -0.25) is 0 Å². The van der Waals surface area contributed by atoms with Crippen molar-refractivity contribution in [2.24, 2.45) is 17.0 Å². The lowest BCUT2D eigenvalue weighted by atomic mass is 10.1. The normalized spacial score (nSPS) is 36.1. The topological polar surface area (TPSA) is 67.2 Å². The molecule has 2 aliphatic carbocycles. The highest BCUT2D eigenvalue weighted by Crippen LogP contribution is 2.61. The average Bonchev–Trinajstić information content (AvgIpc) is 3.25. The second-order valence-electron chi connectivity index (χ2n) is 5.82. The van der Waals surface area contributed by atoms with Gasteiger partial charge in [0.1, 0.15) is 0 Å². The Morgan fingerprint density at radius 2 is 2.33 bits per heavy atom. The molecule has 0 spiro atoms. The Labute approximate surface area is 107 Å². The third-order valence-corrected chi connectivity index (χ3v) is 4.49. The lowest BCUT2D eigenvalue weighted by Crippen LogP contribution is -2.25. The van der Waals surface area contributed by atoms with E-state index in [-0.39, 0.29) is 11.9 Å². The Morgan fingerprint density at radius 1 is 1.44 bits per heavy atom. The van der Waals surface area contributed by atoms with Gasteiger partial charge in [-0.25, -0.2) is 0 Å². The lowest BCUT2D eigenvalue weighted by molar-refractivity contribution is -0.162. The van der Waals surface area contributed by atoms with Crippen molar-refractivity contribution in [3.05, 3.63) is 10.4 Å². The van der Waals surface area contributed by atoms with E-state index in [1.807, 2.05) is 0 Å². The van der Waals surface area contributed by atoms with Crippen LogP contribution in [0.1, 0.15) is 44.9 Å². The van der Waals surface area contributed by atoms with Crippen LogP contribution in [0.4, 0.5) is 0 Å². The van der Waals surface area contributed by atoms with Crippen molar-refractivity contribution in [2.45, 2.75) is 56.8 Å². The van der Waals surface area contributed by atoms with Gasteiger partial charge in [-0.05, 0) is 55.9 Å². The van der Waals surface area contributed by atoms with Crippen molar-refractivity contribution in [2.75, 3.05) is 13.2 Å². The average molecular weight is 251 g/mol. The van der Waals surface area contributed by atoms with Crippen LogP contribution in [0.25, 0.3) is 10.4 Å². The van der Waals surface area contributed by atoms with Crippen LogP contribution in [0, 0.1) is 11.8 Å². The molecule has 2 saturated carbocycles. The van der Waals surface area contributed by atoms with Crippen LogP contribution in [0.2, 0.25) is 0 Å². The fraction of sp³-hybridized carbons (Fsp3) is 1.00. The van der Waals surface area contributed by atoms with Gasteiger partial charge < -0.3 is 9.47 Å². The van der Waals surface area contributed by atoms with Gasteiger partial charge in [0.15, 0.2) is 6.29 Å². The Balaban J connectivity index is 1.41. The molecular weight excluding hydrogens is 230 g/mol. The van der Waals surface area contributed by atoms with Crippen molar-refractivity contribution < 1.29 is 9.47 Å². The highest BCUT2D eigenvalue weighted by atomic mass is 16.7. The van der Waals surface area contributed by atoms with Crippen LogP contribution in [0.5, 0.6) is 0 Å². The van der Waals surface area contributed by atoms with E-state index in [0.717, 1.165) is 37.7 Å². The predicted molar refractivity (Wildman–Crippen MR) is 66.9 cm³/mol. The molecule has 0 bridgehead atoms. The Morgan fingerprint density at radius 3 is 3.00 bits per heavy atom. The molecule has 100 valence electrons. The molecule has 0 amide bonds. The summed E-state index contributed by atoms with van der Waals surface area (Å²) in [7, 11) is 0. The predicted octanol–water partition coefficient (Wildman–Crippen LogP) is 3.40. The van der Waals surface area contributed by atoms with Gasteiger partial charge in [-0.15, -0.1) is 0 Å². The fourth-order valence-electron chi connectivity index (χ4n) is 3.28. The summed E-state index contributed by atoms with van der Waals surface area (Å²) in [6.45, 7) is 1.50. The third-order valence-electron chi connectivity index (χ3n) is 4.49. The van der Waals surface area contributed by atoms with Crippen LogP contribution in [-0.4, -0.2) is 25.0 Å². The summed E-state index contributed by atoms with van der Waals surface area (Å²) in [5.74, 6) is 1.54. The molecule has 1 aliphatic heterocycles. The molecular formula is C13H21N3O2. The molecule has 1 heterocycles. The first-order valence-corrected chi connectivity index (χ1v) is 7.14. The van der Waals surface area contributed by atoms with E-state index in [0.29, 0.717) is 6.54 Å². The molecule has 1 saturated heterocycles. The van der Waals surface area contributed by atoms with E-state index in [9.17, 15) is 0 Å². The smallest absolute Gasteiger partial charge is 0.158 e. The highest BCUT2D eigenvalue weighted by Gasteiger charge is 2.61. The molecule has 3 unspecified atom stereocenters. The Kier molecular flexibility index (Phi) is 3.46. The van der Waals surface area contributed by atoms with Gasteiger partial charge in [0.25, 0.3) is 0 Å². The fourth-order valence-corrected chi connectivity index (χ4v) is 3.28. The molecule has 5 heteroatoms. The molecule has 0 aromatic rings. The SMILES string of the molecule is [N-]=[N+]=NCCCC1CC1C1(OC2CCCO2)CC1. The van der Waals surface area contributed by atoms with Crippen molar-refractivity contribution >= 4 is 0 Å². The number of hydrogen-bond donors (Lipinski definition) is 0. The first-order chi connectivity index (χ1) is 8.84. The number of rotatable bonds is 7. The maximum absolute atomic E-state index is 8.22. The van der Waals surface area contributed by atoms with E-state index < -0.39 is 0 Å². The summed E-state index contributed by atoms with van der Waals surface area (Å²) in [5.41, 5.74) is 8.39. The Bertz CT molecular complexity index is 344. The molecule has 3 fully saturated rings. The van der Waals surface area contributed by atoms with Crippen molar-refractivity contribution in [3.8, 4) is 0 Å². The van der Waals surface area contributed by atoms with Gasteiger partial charge in [-0.2, -0.15) is 0 Å². The zero-order valence-corrected chi connectivity index (χ0v) is 10.8. The molecule has 0 aromatic heterocycles. The van der Waals surface area contributed by atoms with Gasteiger partial charge >= 0.3 is 0 Å². The van der Waals surface area contributed by atoms with Crippen molar-refractivity contribution in [3.63, 3.8) is 0 Å². The molecule has 18 heavy (non-hydrogen) atoms. The number of nitrogens with zero attached hydrogens (tertiary/aromatic N) is 3. The van der Waals surface area contributed by atoms with E-state index >= 15 is 0 Å². The second kappa shape index (κ2) is 5.08. The minimum atomic E-state index is 0.0666. The van der Waals surface area contributed by atoms with E-state index in [1.165, 1.54) is 25.7 Å². The summed E-state index contributed by atoms with van der Waals surface area (Å²) in [6, 6.07) is 0. The summed E-state index contributed by atoms with van der Waals surface area (Å²) >= 11 is 0. The van der Waals surface area contributed by atoms with Gasteiger partial charge in [0, 0.05) is 24.5 Å².